The van der Waals surface area contributed by atoms with Crippen molar-refractivity contribution in [1.29, 1.82) is 0 Å². The predicted molar refractivity (Wildman–Crippen MR) is 96.3 cm³/mol. The lowest BCUT2D eigenvalue weighted by molar-refractivity contribution is -0.137. The lowest BCUT2D eigenvalue weighted by Crippen LogP contribution is -2.38. The number of thiophene rings is 1. The van der Waals surface area contributed by atoms with E-state index in [2.05, 4.69) is 15.6 Å². The molecule has 0 atom stereocenters. The summed E-state index contributed by atoms with van der Waals surface area (Å²) in [5, 5.41) is 7.47. The molecule has 0 spiro atoms. The minimum Gasteiger partial charge on any atom is -0.370 e. The van der Waals surface area contributed by atoms with E-state index in [1.54, 1.807) is 11.3 Å². The lowest BCUT2D eigenvalue weighted by atomic mass is 10.1. The summed E-state index contributed by atoms with van der Waals surface area (Å²) >= 11 is 1.66. The van der Waals surface area contributed by atoms with Crippen LogP contribution in [0.2, 0.25) is 0 Å². The Morgan fingerprint density at radius 2 is 1.81 bits per heavy atom. The fourth-order valence-corrected chi connectivity index (χ4v) is 2.77. The molecule has 2 aromatic rings. The maximum Gasteiger partial charge on any atom is 0.416 e. The molecule has 9 heteroatoms. The SMILES string of the molecule is NC(=NCCc1cccs1)NCCNC(=O)c1ccc(C(F)(F)F)cc1. The summed E-state index contributed by atoms with van der Waals surface area (Å²) in [5.74, 6) is -0.168. The number of aliphatic imine (C=N–C) groups is 1. The molecular formula is C17H19F3N4OS. The molecule has 26 heavy (non-hydrogen) atoms. The van der Waals surface area contributed by atoms with Crippen molar-refractivity contribution in [3.63, 3.8) is 0 Å². The Balaban J connectivity index is 1.67. The number of hydrogen-bond acceptors (Lipinski definition) is 3. The number of alkyl halides is 3. The summed E-state index contributed by atoms with van der Waals surface area (Å²) < 4.78 is 37.4. The van der Waals surface area contributed by atoms with Gasteiger partial charge in [0, 0.05) is 36.5 Å². The first kappa shape index (κ1) is 19.8. The second kappa shape index (κ2) is 9.23. The van der Waals surface area contributed by atoms with E-state index in [1.807, 2.05) is 17.5 Å². The highest BCUT2D eigenvalue weighted by atomic mass is 32.1. The number of guanidine groups is 1. The third kappa shape index (κ3) is 6.40. The Morgan fingerprint density at radius 3 is 2.42 bits per heavy atom. The van der Waals surface area contributed by atoms with Crippen LogP contribution in [0.1, 0.15) is 20.8 Å². The minimum absolute atomic E-state index is 0.163. The summed E-state index contributed by atoms with van der Waals surface area (Å²) in [6.45, 7) is 1.19. The number of nitrogens with zero attached hydrogens (tertiary/aromatic N) is 1. The maximum absolute atomic E-state index is 12.5. The average molecular weight is 384 g/mol. The summed E-state index contributed by atoms with van der Waals surface area (Å²) in [4.78, 5) is 17.3. The van der Waals surface area contributed by atoms with Crippen molar-refractivity contribution < 1.29 is 18.0 Å². The normalized spacial score (nSPS) is 12.0. The molecule has 0 aliphatic carbocycles. The van der Waals surface area contributed by atoms with E-state index in [0.717, 1.165) is 30.7 Å². The van der Waals surface area contributed by atoms with Crippen molar-refractivity contribution in [3.8, 4) is 0 Å². The van der Waals surface area contributed by atoms with Crippen molar-refractivity contribution in [2.75, 3.05) is 19.6 Å². The van der Waals surface area contributed by atoms with Crippen LogP contribution in [0.4, 0.5) is 13.2 Å². The third-order valence-electron chi connectivity index (χ3n) is 3.41. The highest BCUT2D eigenvalue weighted by Crippen LogP contribution is 2.29. The van der Waals surface area contributed by atoms with Gasteiger partial charge in [0.05, 0.1) is 5.56 Å². The van der Waals surface area contributed by atoms with Crippen LogP contribution in [0.5, 0.6) is 0 Å². The number of rotatable bonds is 7. The lowest BCUT2D eigenvalue weighted by Gasteiger charge is -2.09. The zero-order valence-electron chi connectivity index (χ0n) is 13.8. The molecule has 0 unspecified atom stereocenters. The molecule has 2 rings (SSSR count). The van der Waals surface area contributed by atoms with Crippen LogP contribution in [0.25, 0.3) is 0 Å². The second-order valence-electron chi connectivity index (χ2n) is 5.35. The van der Waals surface area contributed by atoms with Gasteiger partial charge in [-0.1, -0.05) is 6.07 Å². The van der Waals surface area contributed by atoms with Gasteiger partial charge in [0.2, 0.25) is 0 Å². The zero-order chi connectivity index (χ0) is 19.0. The van der Waals surface area contributed by atoms with Gasteiger partial charge in [-0.3, -0.25) is 9.79 Å². The van der Waals surface area contributed by atoms with Gasteiger partial charge < -0.3 is 16.4 Å². The Bertz CT molecular complexity index is 727. The first-order valence-corrected chi connectivity index (χ1v) is 8.76. The van der Waals surface area contributed by atoms with Crippen LogP contribution >= 0.6 is 11.3 Å². The Hall–Kier alpha value is -2.55. The number of amides is 1. The van der Waals surface area contributed by atoms with Crippen LogP contribution in [-0.2, 0) is 12.6 Å². The van der Waals surface area contributed by atoms with Gasteiger partial charge in [-0.25, -0.2) is 0 Å². The van der Waals surface area contributed by atoms with Gasteiger partial charge in [-0.05, 0) is 35.7 Å². The third-order valence-corrected chi connectivity index (χ3v) is 4.35. The molecule has 1 aromatic heterocycles. The number of carbonyl (C=O) groups excluding carboxylic acids is 1. The Labute approximate surface area is 153 Å². The summed E-state index contributed by atoms with van der Waals surface area (Å²) in [6, 6.07) is 8.06. The van der Waals surface area contributed by atoms with Crippen LogP contribution in [-0.4, -0.2) is 31.5 Å². The zero-order valence-corrected chi connectivity index (χ0v) is 14.7. The topological polar surface area (TPSA) is 79.5 Å². The highest BCUT2D eigenvalue weighted by molar-refractivity contribution is 7.09. The summed E-state index contributed by atoms with van der Waals surface area (Å²) in [5.41, 5.74) is 5.09. The van der Waals surface area contributed by atoms with Gasteiger partial charge in [-0.15, -0.1) is 11.3 Å². The predicted octanol–water partition coefficient (Wildman–Crippen LogP) is 2.64. The fraction of sp³-hybridized carbons (Fsp3) is 0.294. The molecule has 4 N–H and O–H groups in total. The molecule has 1 amide bonds. The molecule has 1 aromatic carbocycles. The van der Waals surface area contributed by atoms with E-state index in [9.17, 15) is 18.0 Å². The Morgan fingerprint density at radius 1 is 1.12 bits per heavy atom. The molecule has 0 saturated heterocycles. The average Bonchev–Trinajstić information content (AvgIpc) is 3.11. The van der Waals surface area contributed by atoms with Crippen LogP contribution in [0.15, 0.2) is 46.8 Å². The number of nitrogens with one attached hydrogen (secondary N) is 2. The number of hydrogen-bond donors (Lipinski definition) is 3. The molecule has 0 aliphatic heterocycles. The highest BCUT2D eigenvalue weighted by Gasteiger charge is 2.30. The molecule has 5 nitrogen and oxygen atoms in total. The van der Waals surface area contributed by atoms with Gasteiger partial charge in [0.1, 0.15) is 0 Å². The number of nitrogens with two attached hydrogens (primary N) is 1. The van der Waals surface area contributed by atoms with Gasteiger partial charge in [0.25, 0.3) is 5.91 Å². The number of benzene rings is 1. The standard InChI is InChI=1S/C17H19F3N4OS/c18-17(19,20)13-5-3-12(4-6-13)15(25)22-9-10-24-16(21)23-8-7-14-2-1-11-26-14/h1-6,11H,7-10H2,(H,22,25)(H3,21,23,24). The quantitative estimate of drug-likeness (QED) is 0.390. The molecule has 0 bridgehead atoms. The first-order chi connectivity index (χ1) is 12.4. The van der Waals surface area contributed by atoms with Gasteiger partial charge in [-0.2, -0.15) is 13.2 Å². The van der Waals surface area contributed by atoms with Crippen molar-refractivity contribution >= 4 is 23.2 Å². The largest absolute Gasteiger partial charge is 0.416 e. The Kier molecular flexibility index (Phi) is 7.02. The van der Waals surface area contributed by atoms with E-state index >= 15 is 0 Å². The molecule has 140 valence electrons. The molecule has 0 radical (unpaired) electrons. The monoisotopic (exact) mass is 384 g/mol. The van der Waals surface area contributed by atoms with E-state index in [0.29, 0.717) is 13.1 Å². The number of carbonyl (C=O) groups is 1. The molecule has 0 saturated carbocycles. The minimum atomic E-state index is -4.42. The molecule has 1 heterocycles. The second-order valence-corrected chi connectivity index (χ2v) is 6.39. The molecular weight excluding hydrogens is 365 g/mol. The van der Waals surface area contributed by atoms with Crippen molar-refractivity contribution in [2.45, 2.75) is 12.6 Å². The summed E-state index contributed by atoms with van der Waals surface area (Å²) in [7, 11) is 0. The maximum atomic E-state index is 12.5. The van der Waals surface area contributed by atoms with Crippen LogP contribution < -0.4 is 16.4 Å². The van der Waals surface area contributed by atoms with Crippen LogP contribution in [0.3, 0.4) is 0 Å². The van der Waals surface area contributed by atoms with Crippen molar-refractivity contribution in [2.24, 2.45) is 10.7 Å². The van der Waals surface area contributed by atoms with Crippen LogP contribution in [0, 0.1) is 0 Å². The van der Waals surface area contributed by atoms with E-state index in [1.165, 1.54) is 4.88 Å². The fourth-order valence-electron chi connectivity index (χ4n) is 2.08. The van der Waals surface area contributed by atoms with Gasteiger partial charge in [0.15, 0.2) is 5.96 Å². The molecule has 0 fully saturated rings. The first-order valence-electron chi connectivity index (χ1n) is 7.88. The van der Waals surface area contributed by atoms with E-state index < -0.39 is 17.6 Å². The van der Waals surface area contributed by atoms with E-state index in [4.69, 9.17) is 5.73 Å². The van der Waals surface area contributed by atoms with Crippen molar-refractivity contribution in [1.82, 2.24) is 10.6 Å². The number of halogens is 3. The van der Waals surface area contributed by atoms with Gasteiger partial charge >= 0.3 is 6.18 Å². The van der Waals surface area contributed by atoms with Crippen molar-refractivity contribution in [3.05, 3.63) is 57.8 Å². The summed E-state index contributed by atoms with van der Waals surface area (Å²) in [6.07, 6.45) is -3.61. The smallest absolute Gasteiger partial charge is 0.370 e. The van der Waals surface area contributed by atoms with E-state index in [-0.39, 0.29) is 18.1 Å². The molecule has 0 aliphatic rings.